The first-order valence-corrected chi connectivity index (χ1v) is 10.1. The summed E-state index contributed by atoms with van der Waals surface area (Å²) in [5.41, 5.74) is 0.186. The van der Waals surface area contributed by atoms with Crippen LogP contribution >= 0.6 is 11.6 Å². The van der Waals surface area contributed by atoms with Crippen LogP contribution in [0.3, 0.4) is 0 Å². The van der Waals surface area contributed by atoms with Gasteiger partial charge in [0, 0.05) is 24.3 Å². The van der Waals surface area contributed by atoms with Crippen LogP contribution < -0.4 is 0 Å². The number of carbonyl (C=O) groups is 3. The Hall–Kier alpha value is -3.59. The van der Waals surface area contributed by atoms with Crippen LogP contribution in [0.1, 0.15) is 35.2 Å². The number of likely N-dealkylation sites (tertiary alicyclic amines) is 1. The van der Waals surface area contributed by atoms with Crippen molar-refractivity contribution in [1.82, 2.24) is 4.90 Å². The molecule has 0 saturated carbocycles. The van der Waals surface area contributed by atoms with Crippen molar-refractivity contribution in [2.24, 2.45) is 0 Å². The average molecular weight is 461 g/mol. The van der Waals surface area contributed by atoms with Gasteiger partial charge in [0.2, 0.25) is 0 Å². The van der Waals surface area contributed by atoms with E-state index >= 15 is 0 Å². The predicted octanol–water partition coefficient (Wildman–Crippen LogP) is 4.17. The average Bonchev–Trinajstić information content (AvgIpc) is 2.94. The van der Waals surface area contributed by atoms with Gasteiger partial charge in [-0.25, -0.2) is 9.18 Å². The monoisotopic (exact) mass is 460 g/mol. The molecule has 1 unspecified atom stereocenters. The first-order chi connectivity index (χ1) is 15.3. The van der Waals surface area contributed by atoms with Gasteiger partial charge in [-0.3, -0.25) is 24.6 Å². The summed E-state index contributed by atoms with van der Waals surface area (Å²) in [5, 5.41) is 10.9. The van der Waals surface area contributed by atoms with Gasteiger partial charge in [-0.2, -0.15) is 0 Å². The number of nitro groups is 1. The number of ether oxygens (including phenoxy) is 1. The van der Waals surface area contributed by atoms with Crippen LogP contribution in [0.5, 0.6) is 0 Å². The molecule has 0 spiro atoms. The summed E-state index contributed by atoms with van der Waals surface area (Å²) in [6.45, 7) is 0.160. The Bertz CT molecular complexity index is 1090. The van der Waals surface area contributed by atoms with Crippen molar-refractivity contribution in [3.8, 4) is 0 Å². The van der Waals surface area contributed by atoms with Gasteiger partial charge in [0.1, 0.15) is 10.8 Å². The van der Waals surface area contributed by atoms with Gasteiger partial charge in [-0.05, 0) is 61.2 Å². The molecule has 0 aromatic heterocycles. The third-order valence-corrected chi connectivity index (χ3v) is 5.13. The number of nitro benzene ring substituents is 1. The number of amides is 2. The molecule has 32 heavy (non-hydrogen) atoms. The highest BCUT2D eigenvalue weighted by molar-refractivity contribution is 6.32. The second-order valence-corrected chi connectivity index (χ2v) is 7.43. The van der Waals surface area contributed by atoms with E-state index in [1.807, 2.05) is 0 Å². The van der Waals surface area contributed by atoms with E-state index < -0.39 is 34.6 Å². The van der Waals surface area contributed by atoms with E-state index in [2.05, 4.69) is 0 Å². The summed E-state index contributed by atoms with van der Waals surface area (Å²) in [7, 11) is 0. The molecule has 3 rings (SSSR count). The van der Waals surface area contributed by atoms with Crippen molar-refractivity contribution in [3.05, 3.63) is 80.6 Å². The van der Waals surface area contributed by atoms with Gasteiger partial charge in [-0.1, -0.05) is 17.7 Å². The second kappa shape index (κ2) is 10.1. The molecule has 1 aliphatic rings. The number of rotatable bonds is 5. The third kappa shape index (κ3) is 5.55. The van der Waals surface area contributed by atoms with Crippen molar-refractivity contribution < 1.29 is 28.4 Å². The lowest BCUT2D eigenvalue weighted by molar-refractivity contribution is -0.384. The first kappa shape index (κ1) is 23.1. The standard InChI is InChI=1S/C22H18ClFN2O6/c23-17-10-4-14(13-18(17)26(30)31)5-11-20(27)32-19-3-1-2-12-25(22(19)29)21(28)15-6-8-16(24)9-7-15/h4-11,13,19H,1-3,12H2/b11-5+. The SMILES string of the molecule is O=C(/C=C/c1ccc(Cl)c([N+](=O)[O-])c1)OC1CCCCN(C(=O)c2ccc(F)cc2)C1=O. The van der Waals surface area contributed by atoms with E-state index in [4.69, 9.17) is 16.3 Å². The van der Waals surface area contributed by atoms with Gasteiger partial charge >= 0.3 is 5.97 Å². The molecule has 2 aromatic carbocycles. The predicted molar refractivity (Wildman–Crippen MR) is 113 cm³/mol. The number of imide groups is 1. The van der Waals surface area contributed by atoms with Crippen LogP contribution in [0.25, 0.3) is 6.08 Å². The molecular weight excluding hydrogens is 443 g/mol. The highest BCUT2D eigenvalue weighted by Crippen LogP contribution is 2.25. The second-order valence-electron chi connectivity index (χ2n) is 7.02. The molecule has 0 aliphatic carbocycles. The Labute approximate surface area is 187 Å². The Morgan fingerprint density at radius 1 is 1.19 bits per heavy atom. The first-order valence-electron chi connectivity index (χ1n) is 9.70. The molecule has 166 valence electrons. The molecule has 0 bridgehead atoms. The summed E-state index contributed by atoms with van der Waals surface area (Å²) >= 11 is 5.76. The summed E-state index contributed by atoms with van der Waals surface area (Å²) in [4.78, 5) is 49.1. The number of halogens is 2. The highest BCUT2D eigenvalue weighted by atomic mass is 35.5. The minimum atomic E-state index is -1.15. The number of nitrogens with zero attached hydrogens (tertiary/aromatic N) is 2. The van der Waals surface area contributed by atoms with Crippen molar-refractivity contribution >= 4 is 41.1 Å². The van der Waals surface area contributed by atoms with E-state index in [1.165, 1.54) is 36.4 Å². The quantitative estimate of drug-likeness (QED) is 0.218. The fourth-order valence-corrected chi connectivity index (χ4v) is 3.37. The number of benzene rings is 2. The molecule has 0 radical (unpaired) electrons. The van der Waals surface area contributed by atoms with Crippen molar-refractivity contribution in [2.75, 3.05) is 6.54 Å². The minimum Gasteiger partial charge on any atom is -0.449 e. The van der Waals surface area contributed by atoms with Gasteiger partial charge in [0.25, 0.3) is 17.5 Å². The van der Waals surface area contributed by atoms with Gasteiger partial charge < -0.3 is 4.74 Å². The molecule has 1 heterocycles. The molecule has 8 nitrogen and oxygen atoms in total. The zero-order chi connectivity index (χ0) is 23.3. The van der Waals surface area contributed by atoms with Crippen molar-refractivity contribution in [3.63, 3.8) is 0 Å². The smallest absolute Gasteiger partial charge is 0.331 e. The number of esters is 1. The molecule has 1 atom stereocenters. The highest BCUT2D eigenvalue weighted by Gasteiger charge is 2.33. The number of hydrogen-bond donors (Lipinski definition) is 0. The van der Waals surface area contributed by atoms with Crippen LogP contribution in [0, 0.1) is 15.9 Å². The fourth-order valence-electron chi connectivity index (χ4n) is 3.18. The molecule has 2 aromatic rings. The minimum absolute atomic E-state index is 0.0373. The zero-order valence-electron chi connectivity index (χ0n) is 16.7. The lowest BCUT2D eigenvalue weighted by Gasteiger charge is -2.22. The number of hydrogen-bond acceptors (Lipinski definition) is 6. The summed E-state index contributed by atoms with van der Waals surface area (Å²) < 4.78 is 18.4. The third-order valence-electron chi connectivity index (χ3n) is 4.81. The summed E-state index contributed by atoms with van der Waals surface area (Å²) in [6.07, 6.45) is 2.53. The van der Waals surface area contributed by atoms with E-state index in [0.717, 1.165) is 23.1 Å². The summed E-state index contributed by atoms with van der Waals surface area (Å²) in [6, 6.07) is 8.83. The molecular formula is C22H18ClFN2O6. The molecule has 0 N–H and O–H groups in total. The van der Waals surface area contributed by atoms with Crippen LogP contribution in [0.15, 0.2) is 48.5 Å². The van der Waals surface area contributed by atoms with Crippen LogP contribution in [0.2, 0.25) is 5.02 Å². The van der Waals surface area contributed by atoms with Crippen LogP contribution in [-0.2, 0) is 14.3 Å². The Morgan fingerprint density at radius 3 is 2.59 bits per heavy atom. The Balaban J connectivity index is 1.69. The largest absolute Gasteiger partial charge is 0.449 e. The molecule has 1 aliphatic heterocycles. The normalized spacial score (nSPS) is 16.6. The van der Waals surface area contributed by atoms with Crippen molar-refractivity contribution in [1.29, 1.82) is 0 Å². The van der Waals surface area contributed by atoms with E-state index in [0.29, 0.717) is 18.4 Å². The maximum absolute atomic E-state index is 13.1. The molecule has 2 amide bonds. The Kier molecular flexibility index (Phi) is 7.32. The molecule has 10 heteroatoms. The Morgan fingerprint density at radius 2 is 1.91 bits per heavy atom. The van der Waals surface area contributed by atoms with Gasteiger partial charge in [0.15, 0.2) is 6.10 Å². The fraction of sp³-hybridized carbons (Fsp3) is 0.227. The van der Waals surface area contributed by atoms with E-state index in [-0.39, 0.29) is 29.2 Å². The lowest BCUT2D eigenvalue weighted by atomic mass is 10.1. The maximum Gasteiger partial charge on any atom is 0.331 e. The molecule has 1 saturated heterocycles. The van der Waals surface area contributed by atoms with Gasteiger partial charge in [0.05, 0.1) is 4.92 Å². The number of carbonyl (C=O) groups excluding carboxylic acids is 3. The van der Waals surface area contributed by atoms with E-state index in [9.17, 15) is 28.9 Å². The van der Waals surface area contributed by atoms with Crippen molar-refractivity contribution in [2.45, 2.75) is 25.4 Å². The maximum atomic E-state index is 13.1. The lowest BCUT2D eigenvalue weighted by Crippen LogP contribution is -2.43. The topological polar surface area (TPSA) is 107 Å². The van der Waals surface area contributed by atoms with E-state index in [1.54, 1.807) is 0 Å². The summed E-state index contributed by atoms with van der Waals surface area (Å²) in [5.74, 6) is -2.59. The zero-order valence-corrected chi connectivity index (χ0v) is 17.5. The van der Waals surface area contributed by atoms with Gasteiger partial charge in [-0.15, -0.1) is 0 Å². The van der Waals surface area contributed by atoms with Crippen LogP contribution in [-0.4, -0.2) is 40.3 Å². The molecule has 1 fully saturated rings. The van der Waals surface area contributed by atoms with Crippen LogP contribution in [0.4, 0.5) is 10.1 Å².